The van der Waals surface area contributed by atoms with Crippen molar-refractivity contribution in [1.82, 2.24) is 15.0 Å². The molecule has 0 saturated heterocycles. The molecular formula is C21H20N6O. The van der Waals surface area contributed by atoms with E-state index in [0.29, 0.717) is 11.4 Å². The number of carbonyl (C=O) groups excluding carboxylic acids is 1. The van der Waals surface area contributed by atoms with Gasteiger partial charge in [-0.05, 0) is 36.1 Å². The van der Waals surface area contributed by atoms with Crippen LogP contribution < -0.4 is 11.5 Å². The summed E-state index contributed by atoms with van der Waals surface area (Å²) in [6, 6.07) is 11.4. The molecule has 28 heavy (non-hydrogen) atoms. The summed E-state index contributed by atoms with van der Waals surface area (Å²) in [5.74, 6) is 0.236. The summed E-state index contributed by atoms with van der Waals surface area (Å²) in [7, 11) is 0. The number of carbonyl (C=O) groups is 1. The quantitative estimate of drug-likeness (QED) is 0.537. The first kappa shape index (κ1) is 17.8. The van der Waals surface area contributed by atoms with E-state index in [1.807, 2.05) is 24.3 Å². The van der Waals surface area contributed by atoms with Crippen molar-refractivity contribution in [3.05, 3.63) is 72.3 Å². The fourth-order valence-electron chi connectivity index (χ4n) is 3.46. The van der Waals surface area contributed by atoms with Gasteiger partial charge in [0.1, 0.15) is 5.84 Å². The average molecular weight is 372 g/mol. The molecule has 1 aromatic carbocycles. The highest BCUT2D eigenvalue weighted by molar-refractivity contribution is 6.06. The zero-order valence-electron chi connectivity index (χ0n) is 15.2. The molecular weight excluding hydrogens is 352 g/mol. The lowest BCUT2D eigenvalue weighted by Gasteiger charge is -2.41. The van der Waals surface area contributed by atoms with Crippen molar-refractivity contribution < 1.29 is 4.79 Å². The lowest BCUT2D eigenvalue weighted by Crippen LogP contribution is -2.47. The van der Waals surface area contributed by atoms with Crippen molar-refractivity contribution in [2.75, 3.05) is 5.73 Å². The Morgan fingerprint density at radius 2 is 1.71 bits per heavy atom. The van der Waals surface area contributed by atoms with Crippen LogP contribution in [0.3, 0.4) is 0 Å². The maximum atomic E-state index is 12.4. The fraction of sp³-hybridized carbons (Fsp3) is 0.190. The minimum Gasteiger partial charge on any atom is -0.386 e. The molecule has 4 rings (SSSR count). The van der Waals surface area contributed by atoms with Crippen LogP contribution in [0.15, 0.2) is 66.2 Å². The van der Waals surface area contributed by atoms with E-state index >= 15 is 0 Å². The molecule has 0 bridgehead atoms. The monoisotopic (exact) mass is 372 g/mol. The Balaban J connectivity index is 1.61. The maximum Gasteiger partial charge on any atom is 0.280 e. The van der Waals surface area contributed by atoms with Crippen LogP contribution in [-0.2, 0) is 5.41 Å². The third kappa shape index (κ3) is 3.22. The largest absolute Gasteiger partial charge is 0.386 e. The van der Waals surface area contributed by atoms with Gasteiger partial charge in [-0.1, -0.05) is 30.7 Å². The lowest BCUT2D eigenvalue weighted by molar-refractivity contribution is 0.100. The first-order valence-corrected chi connectivity index (χ1v) is 9.06. The molecule has 1 amide bonds. The number of nitrogens with two attached hydrogens (primary N) is 2. The molecule has 0 radical (unpaired) electrons. The van der Waals surface area contributed by atoms with Gasteiger partial charge < -0.3 is 11.5 Å². The Labute approximate surface area is 162 Å². The Morgan fingerprint density at radius 1 is 1.00 bits per heavy atom. The van der Waals surface area contributed by atoms with Crippen molar-refractivity contribution in [2.45, 2.75) is 24.7 Å². The number of aromatic nitrogens is 3. The minimum absolute atomic E-state index is 0.246. The summed E-state index contributed by atoms with van der Waals surface area (Å²) in [6.45, 7) is 0. The van der Waals surface area contributed by atoms with E-state index in [4.69, 9.17) is 11.5 Å². The summed E-state index contributed by atoms with van der Waals surface area (Å²) in [5, 5.41) is 0. The van der Waals surface area contributed by atoms with E-state index in [9.17, 15) is 4.79 Å². The molecule has 1 fully saturated rings. The standard InChI is InChI=1S/C21H20N6O/c22-19(27-18(28)15-3-1-10-24-11-15)21(8-2-9-21)17-6-4-14(5-7-17)16-12-25-20(23)26-13-16/h1,3-7,10-13H,2,8-9H2,(H2,22,27,28)(H2,23,25,26). The highest BCUT2D eigenvalue weighted by atomic mass is 16.1. The first-order chi connectivity index (χ1) is 13.6. The molecule has 1 saturated carbocycles. The number of benzene rings is 1. The molecule has 7 nitrogen and oxygen atoms in total. The highest BCUT2D eigenvalue weighted by Gasteiger charge is 2.42. The second-order valence-corrected chi connectivity index (χ2v) is 6.89. The number of amides is 1. The number of pyridine rings is 1. The van der Waals surface area contributed by atoms with Crippen LogP contribution in [0.5, 0.6) is 0 Å². The molecule has 0 spiro atoms. The summed E-state index contributed by atoms with van der Waals surface area (Å²) in [4.78, 5) is 28.6. The predicted octanol–water partition coefficient (Wildman–Crippen LogP) is 2.74. The Hall–Kier alpha value is -3.61. The van der Waals surface area contributed by atoms with Gasteiger partial charge in [0.25, 0.3) is 5.91 Å². The molecule has 1 aliphatic rings. The molecule has 0 atom stereocenters. The molecule has 0 aliphatic heterocycles. The van der Waals surface area contributed by atoms with Gasteiger partial charge in [-0.2, -0.15) is 4.99 Å². The predicted molar refractivity (Wildman–Crippen MR) is 108 cm³/mol. The van der Waals surface area contributed by atoms with Crippen LogP contribution in [-0.4, -0.2) is 26.7 Å². The molecule has 2 heterocycles. The third-order valence-electron chi connectivity index (χ3n) is 5.27. The van der Waals surface area contributed by atoms with Gasteiger partial charge in [0.15, 0.2) is 0 Å². The van der Waals surface area contributed by atoms with E-state index in [0.717, 1.165) is 36.0 Å². The normalized spacial score (nSPS) is 15.6. The van der Waals surface area contributed by atoms with Gasteiger partial charge in [0.2, 0.25) is 5.95 Å². The van der Waals surface area contributed by atoms with Crippen LogP contribution in [0.4, 0.5) is 5.95 Å². The Bertz CT molecular complexity index is 1010. The molecule has 1 aliphatic carbocycles. The fourth-order valence-corrected chi connectivity index (χ4v) is 3.46. The molecule has 0 unspecified atom stereocenters. The van der Waals surface area contributed by atoms with E-state index in [-0.39, 0.29) is 11.9 Å². The Morgan fingerprint density at radius 3 is 2.29 bits per heavy atom. The van der Waals surface area contributed by atoms with Crippen LogP contribution in [0, 0.1) is 0 Å². The van der Waals surface area contributed by atoms with Crippen molar-refractivity contribution in [2.24, 2.45) is 10.7 Å². The van der Waals surface area contributed by atoms with Gasteiger partial charge in [0, 0.05) is 30.4 Å². The molecule has 2 aromatic heterocycles. The number of aliphatic imine (C=N–C) groups is 1. The van der Waals surface area contributed by atoms with Gasteiger partial charge >= 0.3 is 0 Å². The minimum atomic E-state index is -0.395. The van der Waals surface area contributed by atoms with Crippen molar-refractivity contribution in [3.8, 4) is 11.1 Å². The zero-order chi connectivity index (χ0) is 19.6. The topological polar surface area (TPSA) is 120 Å². The number of hydrogen-bond acceptors (Lipinski definition) is 5. The first-order valence-electron chi connectivity index (χ1n) is 9.06. The SMILES string of the molecule is NC(=NC(=O)c1cccnc1)C1(c2ccc(-c3cnc(N)nc3)cc2)CCC1. The van der Waals surface area contributed by atoms with Gasteiger partial charge in [-0.15, -0.1) is 0 Å². The summed E-state index contributed by atoms with van der Waals surface area (Å²) in [5.41, 5.74) is 14.8. The van der Waals surface area contributed by atoms with E-state index in [1.54, 1.807) is 30.7 Å². The summed E-state index contributed by atoms with van der Waals surface area (Å²) < 4.78 is 0. The summed E-state index contributed by atoms with van der Waals surface area (Å²) >= 11 is 0. The van der Waals surface area contributed by atoms with Gasteiger partial charge in [-0.25, -0.2) is 9.97 Å². The number of nitrogens with zero attached hydrogens (tertiary/aromatic N) is 4. The number of amidine groups is 1. The maximum absolute atomic E-state index is 12.4. The van der Waals surface area contributed by atoms with Gasteiger partial charge in [0.05, 0.1) is 11.0 Å². The van der Waals surface area contributed by atoms with Crippen LogP contribution >= 0.6 is 0 Å². The van der Waals surface area contributed by atoms with E-state index < -0.39 is 5.41 Å². The van der Waals surface area contributed by atoms with E-state index in [2.05, 4.69) is 19.9 Å². The van der Waals surface area contributed by atoms with E-state index in [1.165, 1.54) is 6.20 Å². The van der Waals surface area contributed by atoms with Crippen molar-refractivity contribution >= 4 is 17.7 Å². The lowest BCUT2D eigenvalue weighted by atomic mass is 9.63. The van der Waals surface area contributed by atoms with Gasteiger partial charge in [-0.3, -0.25) is 9.78 Å². The van der Waals surface area contributed by atoms with Crippen LogP contribution in [0.1, 0.15) is 35.2 Å². The van der Waals surface area contributed by atoms with Crippen LogP contribution in [0.25, 0.3) is 11.1 Å². The smallest absolute Gasteiger partial charge is 0.280 e. The number of hydrogen-bond donors (Lipinski definition) is 2. The second-order valence-electron chi connectivity index (χ2n) is 6.89. The average Bonchev–Trinajstić information content (AvgIpc) is 2.69. The summed E-state index contributed by atoms with van der Waals surface area (Å²) in [6.07, 6.45) is 9.28. The Kier molecular flexibility index (Phi) is 4.57. The molecule has 140 valence electrons. The van der Waals surface area contributed by atoms with Crippen molar-refractivity contribution in [3.63, 3.8) is 0 Å². The van der Waals surface area contributed by atoms with Crippen LogP contribution in [0.2, 0.25) is 0 Å². The number of rotatable bonds is 4. The zero-order valence-corrected chi connectivity index (χ0v) is 15.2. The third-order valence-corrected chi connectivity index (χ3v) is 5.27. The molecule has 7 heteroatoms. The molecule has 4 N–H and O–H groups in total. The second kappa shape index (κ2) is 7.19. The van der Waals surface area contributed by atoms with Crippen molar-refractivity contribution in [1.29, 1.82) is 0 Å². The molecule has 3 aromatic rings. The number of anilines is 1. The highest BCUT2D eigenvalue weighted by Crippen LogP contribution is 2.44. The number of nitrogen functional groups attached to an aromatic ring is 1.